The molecule has 140 valence electrons. The van der Waals surface area contributed by atoms with Crippen molar-refractivity contribution in [2.45, 2.75) is 12.5 Å². The summed E-state index contributed by atoms with van der Waals surface area (Å²) in [5.74, 6) is 1.84. The third-order valence-electron chi connectivity index (χ3n) is 4.01. The number of amides is 1. The standard InChI is InChI=1S/C19H17ClN2O5/c20-13-8-12(9-16-18(13)25-7-3-6-24-16)10-21-22-19(23)17-11-26-14-4-1-2-5-15(14)27-17/h1-2,4-5,8-10,17H,3,6-7,11H2,(H,22,23)/b21-10-/t17-/m1/s1. The van der Waals surface area contributed by atoms with Crippen molar-refractivity contribution in [2.24, 2.45) is 5.10 Å². The molecule has 0 saturated carbocycles. The Bertz CT molecular complexity index is 886. The molecule has 0 bridgehead atoms. The Hall–Kier alpha value is -2.93. The van der Waals surface area contributed by atoms with Gasteiger partial charge in [-0.1, -0.05) is 23.7 Å². The quantitative estimate of drug-likeness (QED) is 0.646. The highest BCUT2D eigenvalue weighted by Gasteiger charge is 2.27. The monoisotopic (exact) mass is 388 g/mol. The molecule has 1 amide bonds. The molecule has 8 heteroatoms. The number of halogens is 1. The minimum absolute atomic E-state index is 0.119. The number of fused-ring (bicyclic) bond motifs is 2. The number of ether oxygens (including phenoxy) is 4. The van der Waals surface area contributed by atoms with Crippen molar-refractivity contribution in [1.29, 1.82) is 0 Å². The fourth-order valence-electron chi connectivity index (χ4n) is 2.72. The highest BCUT2D eigenvalue weighted by atomic mass is 35.5. The van der Waals surface area contributed by atoms with Crippen LogP contribution in [0.3, 0.4) is 0 Å². The number of nitrogens with zero attached hydrogens (tertiary/aromatic N) is 1. The second-order valence-corrected chi connectivity index (χ2v) is 6.39. The van der Waals surface area contributed by atoms with E-state index < -0.39 is 12.0 Å². The van der Waals surface area contributed by atoms with E-state index in [1.165, 1.54) is 6.21 Å². The van der Waals surface area contributed by atoms with Crippen LogP contribution in [0.2, 0.25) is 5.02 Å². The van der Waals surface area contributed by atoms with Crippen molar-refractivity contribution in [3.63, 3.8) is 0 Å². The molecule has 0 aliphatic carbocycles. The van der Waals surface area contributed by atoms with E-state index in [2.05, 4.69) is 10.5 Å². The summed E-state index contributed by atoms with van der Waals surface area (Å²) in [6.07, 6.45) is 1.50. The number of para-hydroxylation sites is 2. The molecular weight excluding hydrogens is 372 g/mol. The number of carbonyl (C=O) groups excluding carboxylic acids is 1. The van der Waals surface area contributed by atoms with E-state index in [0.29, 0.717) is 46.8 Å². The van der Waals surface area contributed by atoms with E-state index in [4.69, 9.17) is 30.5 Å². The molecule has 2 aromatic carbocycles. The predicted octanol–water partition coefficient (Wildman–Crippen LogP) is 2.79. The summed E-state index contributed by atoms with van der Waals surface area (Å²) in [6.45, 7) is 1.23. The van der Waals surface area contributed by atoms with E-state index in [1.807, 2.05) is 12.1 Å². The Morgan fingerprint density at radius 3 is 2.81 bits per heavy atom. The first-order chi connectivity index (χ1) is 13.2. The smallest absolute Gasteiger partial charge is 0.284 e. The van der Waals surface area contributed by atoms with Crippen LogP contribution in [0.15, 0.2) is 41.5 Å². The fourth-order valence-corrected chi connectivity index (χ4v) is 2.99. The number of hydrazone groups is 1. The fraction of sp³-hybridized carbons (Fsp3) is 0.263. The summed E-state index contributed by atoms with van der Waals surface area (Å²) in [7, 11) is 0. The van der Waals surface area contributed by atoms with E-state index in [-0.39, 0.29) is 6.61 Å². The zero-order valence-corrected chi connectivity index (χ0v) is 15.1. The summed E-state index contributed by atoms with van der Waals surface area (Å²) in [4.78, 5) is 12.2. The molecule has 4 rings (SSSR count). The SMILES string of the molecule is O=C(N/N=C\c1cc(Cl)c2c(c1)OCCCO2)[C@H]1COc2ccccc2O1. The van der Waals surface area contributed by atoms with Crippen molar-refractivity contribution < 1.29 is 23.7 Å². The van der Waals surface area contributed by atoms with Crippen LogP contribution in [0.4, 0.5) is 0 Å². The molecule has 27 heavy (non-hydrogen) atoms. The number of benzene rings is 2. The molecule has 0 radical (unpaired) electrons. The number of carbonyl (C=O) groups is 1. The van der Waals surface area contributed by atoms with Gasteiger partial charge in [0.25, 0.3) is 5.91 Å². The zero-order chi connectivity index (χ0) is 18.6. The summed E-state index contributed by atoms with van der Waals surface area (Å²) in [5, 5.41) is 4.40. The molecule has 2 heterocycles. The average Bonchev–Trinajstić information content (AvgIpc) is 2.93. The van der Waals surface area contributed by atoms with Gasteiger partial charge in [-0.25, -0.2) is 5.43 Å². The van der Waals surface area contributed by atoms with E-state index >= 15 is 0 Å². The Morgan fingerprint density at radius 1 is 1.11 bits per heavy atom. The lowest BCUT2D eigenvalue weighted by Crippen LogP contribution is -2.42. The van der Waals surface area contributed by atoms with Gasteiger partial charge in [0.2, 0.25) is 6.10 Å². The highest BCUT2D eigenvalue weighted by molar-refractivity contribution is 6.32. The van der Waals surface area contributed by atoms with Crippen LogP contribution in [0.25, 0.3) is 0 Å². The Balaban J connectivity index is 1.40. The molecule has 1 atom stereocenters. The first-order valence-corrected chi connectivity index (χ1v) is 8.89. The molecule has 2 aliphatic heterocycles. The van der Waals surface area contributed by atoms with Crippen molar-refractivity contribution in [1.82, 2.24) is 5.43 Å². The Kier molecular flexibility index (Phi) is 5.02. The van der Waals surface area contributed by atoms with Crippen LogP contribution in [0.5, 0.6) is 23.0 Å². The number of hydrogen-bond acceptors (Lipinski definition) is 6. The molecule has 0 unspecified atom stereocenters. The number of rotatable bonds is 3. The molecule has 1 N–H and O–H groups in total. The molecule has 7 nitrogen and oxygen atoms in total. The van der Waals surface area contributed by atoms with Crippen LogP contribution in [-0.2, 0) is 4.79 Å². The van der Waals surface area contributed by atoms with Crippen LogP contribution < -0.4 is 24.4 Å². The second kappa shape index (κ2) is 7.75. The minimum atomic E-state index is -0.774. The number of hydrogen-bond donors (Lipinski definition) is 1. The molecule has 0 saturated heterocycles. The summed E-state index contributed by atoms with van der Waals surface area (Å²) in [5.41, 5.74) is 3.13. The summed E-state index contributed by atoms with van der Waals surface area (Å²) in [6, 6.07) is 10.6. The largest absolute Gasteiger partial charge is 0.489 e. The lowest BCUT2D eigenvalue weighted by atomic mass is 10.2. The van der Waals surface area contributed by atoms with Crippen molar-refractivity contribution in [3.05, 3.63) is 47.0 Å². The first kappa shape index (κ1) is 17.5. The summed E-state index contributed by atoms with van der Waals surface area (Å²) >= 11 is 6.24. The zero-order valence-electron chi connectivity index (χ0n) is 14.3. The molecular formula is C19H17ClN2O5. The highest BCUT2D eigenvalue weighted by Crippen LogP contribution is 2.37. The maximum absolute atomic E-state index is 12.2. The topological polar surface area (TPSA) is 78.4 Å². The minimum Gasteiger partial charge on any atom is -0.489 e. The normalized spacial score (nSPS) is 18.0. The molecule has 2 aliphatic rings. The van der Waals surface area contributed by atoms with Crippen LogP contribution in [-0.4, -0.2) is 38.0 Å². The van der Waals surface area contributed by atoms with Gasteiger partial charge in [0, 0.05) is 6.42 Å². The molecule has 0 spiro atoms. The van der Waals surface area contributed by atoms with Gasteiger partial charge in [0.1, 0.15) is 6.61 Å². The average molecular weight is 389 g/mol. The van der Waals surface area contributed by atoms with E-state index in [9.17, 15) is 4.79 Å². The molecule has 0 aromatic heterocycles. The second-order valence-electron chi connectivity index (χ2n) is 5.98. The van der Waals surface area contributed by atoms with Gasteiger partial charge in [-0.2, -0.15) is 5.10 Å². The van der Waals surface area contributed by atoms with Crippen LogP contribution >= 0.6 is 11.6 Å². The predicted molar refractivity (Wildman–Crippen MR) is 99.1 cm³/mol. The van der Waals surface area contributed by atoms with Gasteiger partial charge in [-0.15, -0.1) is 0 Å². The van der Waals surface area contributed by atoms with Crippen LogP contribution in [0, 0.1) is 0 Å². The lowest BCUT2D eigenvalue weighted by Gasteiger charge is -2.24. The lowest BCUT2D eigenvalue weighted by molar-refractivity contribution is -0.130. The third-order valence-corrected chi connectivity index (χ3v) is 4.29. The molecule has 0 fully saturated rings. The van der Waals surface area contributed by atoms with Gasteiger partial charge in [0.05, 0.1) is 24.5 Å². The number of nitrogens with one attached hydrogen (secondary N) is 1. The third kappa shape index (κ3) is 3.93. The maximum Gasteiger partial charge on any atom is 0.284 e. The van der Waals surface area contributed by atoms with Crippen molar-refractivity contribution >= 4 is 23.7 Å². The van der Waals surface area contributed by atoms with Gasteiger partial charge in [0.15, 0.2) is 23.0 Å². The van der Waals surface area contributed by atoms with Gasteiger partial charge in [-0.05, 0) is 29.8 Å². The van der Waals surface area contributed by atoms with E-state index in [0.717, 1.165) is 6.42 Å². The Labute approximate surface area is 160 Å². The first-order valence-electron chi connectivity index (χ1n) is 8.51. The maximum atomic E-state index is 12.2. The van der Waals surface area contributed by atoms with E-state index in [1.54, 1.807) is 24.3 Å². The van der Waals surface area contributed by atoms with Gasteiger partial charge in [-0.3, -0.25) is 4.79 Å². The van der Waals surface area contributed by atoms with Gasteiger partial charge < -0.3 is 18.9 Å². The van der Waals surface area contributed by atoms with Crippen molar-refractivity contribution in [2.75, 3.05) is 19.8 Å². The van der Waals surface area contributed by atoms with Crippen LogP contribution in [0.1, 0.15) is 12.0 Å². The summed E-state index contributed by atoms with van der Waals surface area (Å²) < 4.78 is 22.4. The van der Waals surface area contributed by atoms with Gasteiger partial charge >= 0.3 is 0 Å². The molecule has 2 aromatic rings. The Morgan fingerprint density at radius 2 is 1.93 bits per heavy atom. The van der Waals surface area contributed by atoms with Crippen molar-refractivity contribution in [3.8, 4) is 23.0 Å².